The number of nitrogens with zero attached hydrogens (tertiary/aromatic N) is 1. The summed E-state index contributed by atoms with van der Waals surface area (Å²) in [6.45, 7) is 9.75. The number of likely N-dealkylation sites (tertiary alicyclic amines) is 1. The zero-order valence-electron chi connectivity index (χ0n) is 12.7. The van der Waals surface area contributed by atoms with Gasteiger partial charge in [-0.3, -0.25) is 4.79 Å². The minimum atomic E-state index is -0.611. The van der Waals surface area contributed by atoms with Crippen molar-refractivity contribution in [2.45, 2.75) is 45.3 Å². The zero-order valence-corrected chi connectivity index (χ0v) is 12.7. The van der Waals surface area contributed by atoms with Gasteiger partial charge in [-0.2, -0.15) is 0 Å². The minimum Gasteiger partial charge on any atom is -0.380 e. The number of hydrogen-bond acceptors (Lipinski definition) is 4. The second-order valence-corrected chi connectivity index (χ2v) is 5.82. The van der Waals surface area contributed by atoms with Gasteiger partial charge in [0, 0.05) is 20.2 Å². The summed E-state index contributed by atoms with van der Waals surface area (Å²) >= 11 is 0. The van der Waals surface area contributed by atoms with Crippen LogP contribution in [-0.2, 0) is 9.53 Å². The first-order valence-corrected chi connectivity index (χ1v) is 7.23. The van der Waals surface area contributed by atoms with Crippen molar-refractivity contribution in [1.82, 2.24) is 10.2 Å². The van der Waals surface area contributed by atoms with Crippen LogP contribution in [-0.4, -0.2) is 55.7 Å². The van der Waals surface area contributed by atoms with Crippen LogP contribution >= 0.6 is 0 Å². The maximum Gasteiger partial charge on any atom is 0.237 e. The van der Waals surface area contributed by atoms with Crippen LogP contribution in [0.4, 0.5) is 0 Å². The van der Waals surface area contributed by atoms with Crippen molar-refractivity contribution in [3.05, 3.63) is 0 Å². The van der Waals surface area contributed by atoms with E-state index in [9.17, 15) is 4.79 Å². The summed E-state index contributed by atoms with van der Waals surface area (Å²) in [5.74, 6) is 0.334. The Morgan fingerprint density at radius 2 is 2.26 bits per heavy atom. The Morgan fingerprint density at radius 1 is 1.58 bits per heavy atom. The van der Waals surface area contributed by atoms with Gasteiger partial charge in [-0.25, -0.2) is 0 Å². The first-order valence-electron chi connectivity index (χ1n) is 7.23. The first-order chi connectivity index (χ1) is 8.92. The molecule has 1 rings (SSSR count). The van der Waals surface area contributed by atoms with Crippen molar-refractivity contribution in [3.8, 4) is 0 Å². The molecule has 112 valence electrons. The molecular weight excluding hydrogens is 242 g/mol. The second kappa shape index (κ2) is 7.22. The molecule has 3 unspecified atom stereocenters. The van der Waals surface area contributed by atoms with E-state index in [1.54, 1.807) is 7.11 Å². The highest BCUT2D eigenvalue weighted by atomic mass is 16.5. The van der Waals surface area contributed by atoms with Gasteiger partial charge in [-0.1, -0.05) is 13.8 Å². The number of carbonyl (C=O) groups excluding carboxylic acids is 1. The molecule has 0 aromatic carbocycles. The summed E-state index contributed by atoms with van der Waals surface area (Å²) in [5, 5.41) is 3.20. The van der Waals surface area contributed by atoms with Crippen LogP contribution in [0.15, 0.2) is 0 Å². The Hall–Kier alpha value is -0.650. The topological polar surface area (TPSA) is 67.6 Å². The van der Waals surface area contributed by atoms with Crippen molar-refractivity contribution in [2.75, 3.05) is 33.3 Å². The number of amides is 1. The number of nitrogens with one attached hydrogen (secondary N) is 1. The molecule has 3 atom stereocenters. The average Bonchev–Trinajstić information content (AvgIpc) is 2.38. The molecule has 0 bridgehead atoms. The van der Waals surface area contributed by atoms with Crippen LogP contribution in [0.5, 0.6) is 0 Å². The molecule has 1 saturated heterocycles. The number of methoxy groups -OCH3 is 1. The highest BCUT2D eigenvalue weighted by Gasteiger charge is 2.32. The number of ether oxygens (including phenoxy) is 1. The lowest BCUT2D eigenvalue weighted by molar-refractivity contribution is -0.124. The molecule has 1 aliphatic rings. The van der Waals surface area contributed by atoms with Gasteiger partial charge < -0.3 is 20.7 Å². The molecule has 5 nitrogen and oxygen atoms in total. The first kappa shape index (κ1) is 16.4. The van der Waals surface area contributed by atoms with Crippen LogP contribution in [0, 0.1) is 5.92 Å². The molecule has 3 N–H and O–H groups in total. The van der Waals surface area contributed by atoms with E-state index in [0.29, 0.717) is 12.0 Å². The SMILES string of the molecule is CCNC(C)(CCN1CCC(C)C(OC)C1)C(N)=O. The zero-order chi connectivity index (χ0) is 14.5. The van der Waals surface area contributed by atoms with Crippen LogP contribution < -0.4 is 11.1 Å². The van der Waals surface area contributed by atoms with E-state index in [1.165, 1.54) is 0 Å². The van der Waals surface area contributed by atoms with Gasteiger partial charge in [0.1, 0.15) is 0 Å². The number of piperidine rings is 1. The summed E-state index contributed by atoms with van der Waals surface area (Å²) in [6, 6.07) is 0. The van der Waals surface area contributed by atoms with Crippen LogP contribution in [0.25, 0.3) is 0 Å². The minimum absolute atomic E-state index is 0.275. The molecule has 1 heterocycles. The summed E-state index contributed by atoms with van der Waals surface area (Å²) in [5.41, 5.74) is 4.89. The number of nitrogens with two attached hydrogens (primary N) is 1. The third kappa shape index (κ3) is 4.44. The van der Waals surface area contributed by atoms with E-state index in [4.69, 9.17) is 10.5 Å². The van der Waals surface area contributed by atoms with Crippen molar-refractivity contribution < 1.29 is 9.53 Å². The van der Waals surface area contributed by atoms with E-state index >= 15 is 0 Å². The fourth-order valence-corrected chi connectivity index (χ4v) is 2.68. The molecule has 0 aliphatic carbocycles. The highest BCUT2D eigenvalue weighted by molar-refractivity contribution is 5.84. The number of rotatable bonds is 7. The number of primary amides is 1. The lowest BCUT2D eigenvalue weighted by Crippen LogP contribution is -2.55. The Morgan fingerprint density at radius 3 is 2.79 bits per heavy atom. The van der Waals surface area contributed by atoms with E-state index in [2.05, 4.69) is 17.1 Å². The van der Waals surface area contributed by atoms with Crippen molar-refractivity contribution in [1.29, 1.82) is 0 Å². The number of carbonyl (C=O) groups is 1. The van der Waals surface area contributed by atoms with Crippen molar-refractivity contribution >= 4 is 5.91 Å². The van der Waals surface area contributed by atoms with Gasteiger partial charge in [-0.05, 0) is 38.8 Å². The molecule has 1 amide bonds. The molecule has 0 spiro atoms. The number of likely N-dealkylation sites (N-methyl/N-ethyl adjacent to an activating group) is 1. The monoisotopic (exact) mass is 271 g/mol. The van der Waals surface area contributed by atoms with Crippen LogP contribution in [0.3, 0.4) is 0 Å². The molecule has 19 heavy (non-hydrogen) atoms. The lowest BCUT2D eigenvalue weighted by atomic mass is 9.93. The van der Waals surface area contributed by atoms with Gasteiger partial charge >= 0.3 is 0 Å². The summed E-state index contributed by atoms with van der Waals surface area (Å²) in [4.78, 5) is 13.9. The lowest BCUT2D eigenvalue weighted by Gasteiger charge is -2.38. The second-order valence-electron chi connectivity index (χ2n) is 5.82. The van der Waals surface area contributed by atoms with E-state index < -0.39 is 5.54 Å². The summed E-state index contributed by atoms with van der Waals surface area (Å²) in [7, 11) is 1.77. The molecule has 1 fully saturated rings. The Bertz CT molecular complexity index is 298. The summed E-state index contributed by atoms with van der Waals surface area (Å²) < 4.78 is 5.51. The normalized spacial score (nSPS) is 28.0. The van der Waals surface area contributed by atoms with Gasteiger partial charge in [0.2, 0.25) is 5.91 Å². The fourth-order valence-electron chi connectivity index (χ4n) is 2.68. The van der Waals surface area contributed by atoms with Gasteiger partial charge in [0.15, 0.2) is 0 Å². The molecule has 1 aliphatic heterocycles. The van der Waals surface area contributed by atoms with E-state index in [0.717, 1.165) is 39.0 Å². The standard InChI is InChI=1S/C14H29N3O2/c1-5-16-14(3,13(15)18)7-9-17-8-6-11(2)12(10-17)19-4/h11-12,16H,5-10H2,1-4H3,(H2,15,18). The van der Waals surface area contributed by atoms with Gasteiger partial charge in [0.05, 0.1) is 11.6 Å². The van der Waals surface area contributed by atoms with Crippen molar-refractivity contribution in [2.24, 2.45) is 11.7 Å². The maximum absolute atomic E-state index is 11.6. The van der Waals surface area contributed by atoms with E-state index in [-0.39, 0.29) is 5.91 Å². The average molecular weight is 271 g/mol. The Kier molecular flexibility index (Phi) is 6.23. The maximum atomic E-state index is 11.6. The fraction of sp³-hybridized carbons (Fsp3) is 0.929. The van der Waals surface area contributed by atoms with Gasteiger partial charge in [0.25, 0.3) is 0 Å². The predicted octanol–water partition coefficient (Wildman–Crippen LogP) is 0.587. The Labute approximate surface area is 116 Å². The molecule has 5 heteroatoms. The third-order valence-electron chi connectivity index (χ3n) is 4.32. The van der Waals surface area contributed by atoms with Crippen LogP contribution in [0.1, 0.15) is 33.6 Å². The molecular formula is C14H29N3O2. The molecule has 0 aromatic heterocycles. The predicted molar refractivity (Wildman–Crippen MR) is 76.9 cm³/mol. The molecule has 0 saturated carbocycles. The quantitative estimate of drug-likeness (QED) is 0.711. The molecule has 0 aromatic rings. The number of hydrogen-bond donors (Lipinski definition) is 2. The van der Waals surface area contributed by atoms with E-state index in [1.807, 2.05) is 13.8 Å². The summed E-state index contributed by atoms with van der Waals surface area (Å²) in [6.07, 6.45) is 2.18. The van der Waals surface area contributed by atoms with Gasteiger partial charge in [-0.15, -0.1) is 0 Å². The third-order valence-corrected chi connectivity index (χ3v) is 4.32. The highest BCUT2D eigenvalue weighted by Crippen LogP contribution is 2.20. The molecule has 0 radical (unpaired) electrons. The smallest absolute Gasteiger partial charge is 0.237 e. The van der Waals surface area contributed by atoms with Crippen LogP contribution in [0.2, 0.25) is 0 Å². The Balaban J connectivity index is 2.49. The van der Waals surface area contributed by atoms with Crippen molar-refractivity contribution in [3.63, 3.8) is 0 Å². The largest absolute Gasteiger partial charge is 0.380 e.